The number of aromatic nitrogens is 3. The number of benzene rings is 2. The highest BCUT2D eigenvalue weighted by atomic mass is 35.5. The molecule has 1 aromatic heterocycles. The molecule has 3 aromatic rings. The van der Waals surface area contributed by atoms with Crippen molar-refractivity contribution >= 4 is 28.9 Å². The Morgan fingerprint density at radius 2 is 1.96 bits per heavy atom. The second-order valence-corrected chi connectivity index (χ2v) is 5.86. The van der Waals surface area contributed by atoms with E-state index in [1.165, 1.54) is 6.33 Å². The van der Waals surface area contributed by atoms with Gasteiger partial charge in [-0.3, -0.25) is 0 Å². The van der Waals surface area contributed by atoms with Crippen LogP contribution in [0.2, 0.25) is 10.0 Å². The molecule has 24 heavy (non-hydrogen) atoms. The predicted octanol–water partition coefficient (Wildman–Crippen LogP) is 4.21. The minimum absolute atomic E-state index is 0.368. The summed E-state index contributed by atoms with van der Waals surface area (Å²) in [5, 5.41) is 9.42. The third-order valence-corrected chi connectivity index (χ3v) is 3.82. The molecule has 0 bridgehead atoms. The first kappa shape index (κ1) is 16.5. The molecule has 0 radical (unpaired) electrons. The van der Waals surface area contributed by atoms with Crippen LogP contribution in [0.4, 0.5) is 0 Å². The van der Waals surface area contributed by atoms with Gasteiger partial charge in [0.1, 0.15) is 25.0 Å². The second-order valence-electron chi connectivity index (χ2n) is 5.01. The van der Waals surface area contributed by atoms with E-state index >= 15 is 0 Å². The van der Waals surface area contributed by atoms with Crippen LogP contribution in [0.5, 0.6) is 0 Å². The Balaban J connectivity index is 1.82. The lowest BCUT2D eigenvalue weighted by Gasteiger charge is -2.09. The molecule has 0 aliphatic heterocycles. The summed E-state index contributed by atoms with van der Waals surface area (Å²) >= 11 is 12.3. The molecule has 0 fully saturated rings. The quantitative estimate of drug-likeness (QED) is 0.488. The van der Waals surface area contributed by atoms with Gasteiger partial charge in [-0.15, -0.1) is 0 Å². The molecule has 0 spiro atoms. The van der Waals surface area contributed by atoms with Crippen molar-refractivity contribution < 1.29 is 4.84 Å². The van der Waals surface area contributed by atoms with E-state index in [0.29, 0.717) is 28.9 Å². The van der Waals surface area contributed by atoms with Gasteiger partial charge < -0.3 is 4.84 Å². The van der Waals surface area contributed by atoms with Gasteiger partial charge in [0.05, 0.1) is 11.6 Å². The van der Waals surface area contributed by atoms with E-state index in [9.17, 15) is 0 Å². The number of rotatable bonds is 6. The average molecular weight is 361 g/mol. The normalized spacial score (nSPS) is 11.5. The number of oxime groups is 1. The summed E-state index contributed by atoms with van der Waals surface area (Å²) in [7, 11) is 0. The molecule has 0 aliphatic carbocycles. The zero-order valence-corrected chi connectivity index (χ0v) is 14.2. The highest BCUT2D eigenvalue weighted by molar-refractivity contribution is 6.37. The van der Waals surface area contributed by atoms with Crippen molar-refractivity contribution in [3.8, 4) is 0 Å². The SMILES string of the molecule is Clc1ccc(/C(Cn2cncn2)=N\OCc2ccccc2)c(Cl)c1. The highest BCUT2D eigenvalue weighted by Gasteiger charge is 2.11. The van der Waals surface area contributed by atoms with Gasteiger partial charge in [-0.05, 0) is 23.8 Å². The van der Waals surface area contributed by atoms with Crippen LogP contribution in [0.1, 0.15) is 11.1 Å². The zero-order chi connectivity index (χ0) is 16.8. The molecular formula is C17H14Cl2N4O. The smallest absolute Gasteiger partial charge is 0.142 e. The van der Waals surface area contributed by atoms with E-state index in [4.69, 9.17) is 28.0 Å². The molecule has 0 atom stereocenters. The molecule has 0 saturated heterocycles. The molecule has 2 aromatic carbocycles. The number of hydrogen-bond acceptors (Lipinski definition) is 4. The van der Waals surface area contributed by atoms with Gasteiger partial charge in [0, 0.05) is 10.6 Å². The van der Waals surface area contributed by atoms with Gasteiger partial charge in [-0.1, -0.05) is 58.7 Å². The highest BCUT2D eigenvalue weighted by Crippen LogP contribution is 2.22. The lowest BCUT2D eigenvalue weighted by Crippen LogP contribution is -2.13. The van der Waals surface area contributed by atoms with Gasteiger partial charge in [0.25, 0.3) is 0 Å². The lowest BCUT2D eigenvalue weighted by molar-refractivity contribution is 0.130. The molecule has 0 N–H and O–H groups in total. The van der Waals surface area contributed by atoms with Crippen molar-refractivity contribution in [3.05, 3.63) is 82.4 Å². The molecule has 0 aliphatic rings. The molecule has 122 valence electrons. The number of hydrogen-bond donors (Lipinski definition) is 0. The Kier molecular flexibility index (Phi) is 5.46. The van der Waals surface area contributed by atoms with Gasteiger partial charge in [-0.25, -0.2) is 9.67 Å². The first-order valence-electron chi connectivity index (χ1n) is 7.23. The van der Waals surface area contributed by atoms with Gasteiger partial charge in [0.15, 0.2) is 0 Å². The van der Waals surface area contributed by atoms with Crippen LogP contribution in [-0.4, -0.2) is 20.5 Å². The van der Waals surface area contributed by atoms with E-state index in [-0.39, 0.29) is 0 Å². The van der Waals surface area contributed by atoms with Crippen LogP contribution in [0.15, 0.2) is 66.3 Å². The maximum Gasteiger partial charge on any atom is 0.142 e. The summed E-state index contributed by atoms with van der Waals surface area (Å²) in [6.45, 7) is 0.753. The summed E-state index contributed by atoms with van der Waals surface area (Å²) in [6, 6.07) is 15.1. The Morgan fingerprint density at radius 1 is 1.12 bits per heavy atom. The molecule has 0 amide bonds. The topological polar surface area (TPSA) is 52.3 Å². The van der Waals surface area contributed by atoms with Crippen molar-refractivity contribution in [1.29, 1.82) is 0 Å². The molecule has 5 nitrogen and oxygen atoms in total. The first-order valence-corrected chi connectivity index (χ1v) is 7.98. The van der Waals surface area contributed by atoms with Gasteiger partial charge in [-0.2, -0.15) is 5.10 Å². The van der Waals surface area contributed by atoms with Crippen LogP contribution in [0, 0.1) is 0 Å². The summed E-state index contributed by atoms with van der Waals surface area (Å²) in [5.41, 5.74) is 2.41. The number of halogens is 2. The van der Waals surface area contributed by atoms with E-state index < -0.39 is 0 Å². The summed E-state index contributed by atoms with van der Waals surface area (Å²) in [6.07, 6.45) is 3.07. The fraction of sp³-hybridized carbons (Fsp3) is 0.118. The van der Waals surface area contributed by atoms with Gasteiger partial charge >= 0.3 is 0 Å². The standard InChI is InChI=1S/C17H14Cl2N4O/c18-14-6-7-15(16(19)8-14)17(9-23-12-20-11-21-23)22-24-10-13-4-2-1-3-5-13/h1-8,11-12H,9-10H2/b22-17-. The van der Waals surface area contributed by atoms with Crippen molar-refractivity contribution in [3.63, 3.8) is 0 Å². The molecular weight excluding hydrogens is 347 g/mol. The van der Waals surface area contributed by atoms with Crippen molar-refractivity contribution in [1.82, 2.24) is 14.8 Å². The summed E-state index contributed by atoms with van der Waals surface area (Å²) < 4.78 is 1.65. The Labute approximate surface area is 149 Å². The predicted molar refractivity (Wildman–Crippen MR) is 94.3 cm³/mol. The number of nitrogens with zero attached hydrogens (tertiary/aromatic N) is 4. The summed E-state index contributed by atoms with van der Waals surface area (Å²) in [4.78, 5) is 9.44. The molecule has 0 unspecified atom stereocenters. The van der Waals surface area contributed by atoms with Crippen molar-refractivity contribution in [2.75, 3.05) is 0 Å². The fourth-order valence-corrected chi connectivity index (χ4v) is 2.63. The lowest BCUT2D eigenvalue weighted by atomic mass is 10.1. The molecule has 7 heteroatoms. The van der Waals surface area contributed by atoms with Crippen LogP contribution in [-0.2, 0) is 18.0 Å². The van der Waals surface area contributed by atoms with E-state index in [1.54, 1.807) is 23.1 Å². The average Bonchev–Trinajstić information content (AvgIpc) is 3.08. The van der Waals surface area contributed by atoms with Gasteiger partial charge in [0.2, 0.25) is 0 Å². The molecule has 0 saturated carbocycles. The summed E-state index contributed by atoms with van der Waals surface area (Å²) in [5.74, 6) is 0. The molecule has 3 rings (SSSR count). The maximum atomic E-state index is 6.29. The van der Waals surface area contributed by atoms with Crippen LogP contribution in [0.3, 0.4) is 0 Å². The Hall–Kier alpha value is -2.37. The Morgan fingerprint density at radius 3 is 2.67 bits per heavy atom. The third kappa shape index (κ3) is 4.34. The van der Waals surface area contributed by atoms with E-state index in [2.05, 4.69) is 15.2 Å². The second kappa shape index (κ2) is 7.95. The fourth-order valence-electron chi connectivity index (χ4n) is 2.11. The van der Waals surface area contributed by atoms with Crippen molar-refractivity contribution in [2.45, 2.75) is 13.2 Å². The maximum absolute atomic E-state index is 6.29. The minimum Gasteiger partial charge on any atom is -0.391 e. The third-order valence-electron chi connectivity index (χ3n) is 3.27. The minimum atomic E-state index is 0.368. The Bertz CT molecular complexity index is 820. The zero-order valence-electron chi connectivity index (χ0n) is 12.6. The van der Waals surface area contributed by atoms with Crippen LogP contribution in [0.25, 0.3) is 0 Å². The largest absolute Gasteiger partial charge is 0.391 e. The van der Waals surface area contributed by atoms with Crippen LogP contribution >= 0.6 is 23.2 Å². The van der Waals surface area contributed by atoms with Crippen molar-refractivity contribution in [2.24, 2.45) is 5.16 Å². The monoisotopic (exact) mass is 360 g/mol. The molecule has 1 heterocycles. The van der Waals surface area contributed by atoms with Crippen LogP contribution < -0.4 is 0 Å². The van der Waals surface area contributed by atoms with E-state index in [0.717, 1.165) is 11.1 Å². The first-order chi connectivity index (χ1) is 11.7. The van der Waals surface area contributed by atoms with E-state index in [1.807, 2.05) is 36.4 Å².